The second-order valence-corrected chi connectivity index (χ2v) is 2.93. The zero-order valence-electron chi connectivity index (χ0n) is 7.38. The molecule has 0 unspecified atom stereocenters. The van der Waals surface area contributed by atoms with Crippen LogP contribution in [-0.4, -0.2) is 59.1 Å². The molecule has 6 nitrogen and oxygen atoms in total. The SMILES string of the molecule is CO[C@H]1[C@@H](C(=O)O)N(C(=O)O)C[C@@H]1F. The predicted octanol–water partition coefficient (Wildman–Crippen LogP) is -0.214. The molecule has 80 valence electrons. The quantitative estimate of drug-likeness (QED) is 0.654. The zero-order valence-corrected chi connectivity index (χ0v) is 7.38. The summed E-state index contributed by atoms with van der Waals surface area (Å²) in [6.07, 6.45) is -4.29. The Morgan fingerprint density at radius 1 is 1.50 bits per heavy atom. The number of amides is 1. The number of hydrogen-bond donors (Lipinski definition) is 2. The van der Waals surface area contributed by atoms with Crippen molar-refractivity contribution < 1.29 is 28.9 Å². The number of nitrogens with zero attached hydrogens (tertiary/aromatic N) is 1. The van der Waals surface area contributed by atoms with Crippen LogP contribution < -0.4 is 0 Å². The first kappa shape index (κ1) is 10.7. The van der Waals surface area contributed by atoms with E-state index in [1.54, 1.807) is 0 Å². The number of rotatable bonds is 2. The molecule has 0 aromatic carbocycles. The van der Waals surface area contributed by atoms with Gasteiger partial charge in [-0.2, -0.15) is 0 Å². The highest BCUT2D eigenvalue weighted by atomic mass is 19.1. The Morgan fingerprint density at radius 2 is 2.07 bits per heavy atom. The van der Waals surface area contributed by atoms with Gasteiger partial charge in [-0.15, -0.1) is 0 Å². The summed E-state index contributed by atoms with van der Waals surface area (Å²) >= 11 is 0. The Labute approximate surface area is 78.9 Å². The Morgan fingerprint density at radius 3 is 2.43 bits per heavy atom. The summed E-state index contributed by atoms with van der Waals surface area (Å²) in [6, 6.07) is -1.47. The van der Waals surface area contributed by atoms with E-state index in [1.165, 1.54) is 0 Å². The summed E-state index contributed by atoms with van der Waals surface area (Å²) < 4.78 is 17.7. The number of alkyl halides is 1. The first-order valence-corrected chi connectivity index (χ1v) is 3.88. The molecule has 1 amide bonds. The zero-order chi connectivity index (χ0) is 10.9. The fourth-order valence-electron chi connectivity index (χ4n) is 1.53. The summed E-state index contributed by atoms with van der Waals surface area (Å²) in [5, 5.41) is 17.3. The van der Waals surface area contributed by atoms with Crippen LogP contribution in [0.5, 0.6) is 0 Å². The van der Waals surface area contributed by atoms with Crippen LogP contribution in [-0.2, 0) is 9.53 Å². The Bertz CT molecular complexity index is 258. The molecule has 7 heteroatoms. The molecule has 1 aliphatic heterocycles. The van der Waals surface area contributed by atoms with Crippen LogP contribution in [0.25, 0.3) is 0 Å². The molecule has 3 atom stereocenters. The van der Waals surface area contributed by atoms with Crippen molar-refractivity contribution in [2.75, 3.05) is 13.7 Å². The molecule has 1 heterocycles. The molecule has 0 aromatic rings. The average molecular weight is 207 g/mol. The number of likely N-dealkylation sites (tertiary alicyclic amines) is 1. The van der Waals surface area contributed by atoms with Crippen LogP contribution in [0.1, 0.15) is 0 Å². The van der Waals surface area contributed by atoms with E-state index in [-0.39, 0.29) is 0 Å². The van der Waals surface area contributed by atoms with Gasteiger partial charge in [-0.3, -0.25) is 4.90 Å². The summed E-state index contributed by atoms with van der Waals surface area (Å²) in [7, 11) is 1.15. The van der Waals surface area contributed by atoms with Crippen molar-refractivity contribution in [3.8, 4) is 0 Å². The number of carboxylic acid groups (broad SMARTS) is 2. The van der Waals surface area contributed by atoms with Crippen LogP contribution >= 0.6 is 0 Å². The standard InChI is InChI=1S/C7H10FNO5/c1-14-5-3(8)2-9(7(12)13)4(5)6(10)11/h3-5H,2H2,1H3,(H,10,11)(H,12,13)/t3-,4-,5+/m0/s1. The molecule has 0 spiro atoms. The minimum atomic E-state index is -1.60. The topological polar surface area (TPSA) is 87.1 Å². The van der Waals surface area contributed by atoms with Crippen molar-refractivity contribution in [3.05, 3.63) is 0 Å². The number of methoxy groups -OCH3 is 1. The first-order valence-electron chi connectivity index (χ1n) is 3.88. The first-order chi connectivity index (χ1) is 6.49. The number of halogens is 1. The Kier molecular flexibility index (Phi) is 2.90. The maximum atomic E-state index is 13.1. The lowest BCUT2D eigenvalue weighted by molar-refractivity contribution is -0.145. The van der Waals surface area contributed by atoms with Crippen molar-refractivity contribution in [2.45, 2.75) is 18.3 Å². The van der Waals surface area contributed by atoms with Crippen LogP contribution in [0.2, 0.25) is 0 Å². The second-order valence-electron chi connectivity index (χ2n) is 2.93. The number of carboxylic acids is 1. The fourth-order valence-corrected chi connectivity index (χ4v) is 1.53. The molecule has 0 saturated carbocycles. The molecular weight excluding hydrogens is 197 g/mol. The molecule has 0 aromatic heterocycles. The van der Waals surface area contributed by atoms with Gasteiger partial charge in [0.05, 0.1) is 6.54 Å². The fraction of sp³-hybridized carbons (Fsp3) is 0.714. The van der Waals surface area contributed by atoms with Crippen molar-refractivity contribution >= 4 is 12.1 Å². The summed E-state index contributed by atoms with van der Waals surface area (Å²) in [6.45, 7) is -0.467. The van der Waals surface area contributed by atoms with E-state index in [9.17, 15) is 14.0 Å². The second kappa shape index (κ2) is 3.79. The highest BCUT2D eigenvalue weighted by Crippen LogP contribution is 2.23. The molecule has 1 aliphatic rings. The van der Waals surface area contributed by atoms with Gasteiger partial charge in [0, 0.05) is 7.11 Å². The van der Waals surface area contributed by atoms with Gasteiger partial charge in [-0.25, -0.2) is 14.0 Å². The van der Waals surface area contributed by atoms with E-state index in [2.05, 4.69) is 4.74 Å². The van der Waals surface area contributed by atoms with Crippen molar-refractivity contribution in [3.63, 3.8) is 0 Å². The van der Waals surface area contributed by atoms with Crippen LogP contribution in [0.4, 0.5) is 9.18 Å². The lowest BCUT2D eigenvalue weighted by Crippen LogP contribution is -2.45. The number of carbonyl (C=O) groups is 2. The van der Waals surface area contributed by atoms with Gasteiger partial charge in [0.1, 0.15) is 12.3 Å². The third-order valence-corrected chi connectivity index (χ3v) is 2.15. The molecule has 2 N–H and O–H groups in total. The van der Waals surface area contributed by atoms with Crippen molar-refractivity contribution in [2.24, 2.45) is 0 Å². The molecule has 0 aliphatic carbocycles. The van der Waals surface area contributed by atoms with Gasteiger partial charge >= 0.3 is 12.1 Å². The van der Waals surface area contributed by atoms with Gasteiger partial charge in [0.15, 0.2) is 6.04 Å². The van der Waals surface area contributed by atoms with E-state index < -0.39 is 36.9 Å². The summed E-state index contributed by atoms with van der Waals surface area (Å²) in [5.74, 6) is -1.40. The van der Waals surface area contributed by atoms with Gasteiger partial charge in [0.2, 0.25) is 0 Å². The monoisotopic (exact) mass is 207 g/mol. The number of hydrogen-bond acceptors (Lipinski definition) is 3. The highest BCUT2D eigenvalue weighted by molar-refractivity contribution is 5.81. The molecule has 1 rings (SSSR count). The van der Waals surface area contributed by atoms with Crippen molar-refractivity contribution in [1.29, 1.82) is 0 Å². The maximum Gasteiger partial charge on any atom is 0.408 e. The van der Waals surface area contributed by atoms with Crippen LogP contribution in [0.3, 0.4) is 0 Å². The highest BCUT2D eigenvalue weighted by Gasteiger charge is 2.49. The number of ether oxygens (including phenoxy) is 1. The van der Waals surface area contributed by atoms with Crippen LogP contribution in [0, 0.1) is 0 Å². The molecular formula is C7H10FNO5. The Balaban J connectivity index is 2.90. The third-order valence-electron chi connectivity index (χ3n) is 2.15. The van der Waals surface area contributed by atoms with Gasteiger partial charge in [-0.05, 0) is 0 Å². The number of aliphatic carboxylic acids is 1. The van der Waals surface area contributed by atoms with Gasteiger partial charge < -0.3 is 14.9 Å². The normalized spacial score (nSPS) is 31.9. The summed E-state index contributed by atoms with van der Waals surface area (Å²) in [5.41, 5.74) is 0. The maximum absolute atomic E-state index is 13.1. The van der Waals surface area contributed by atoms with Crippen molar-refractivity contribution in [1.82, 2.24) is 4.90 Å². The minimum Gasteiger partial charge on any atom is -0.480 e. The van der Waals surface area contributed by atoms with E-state index in [0.29, 0.717) is 4.90 Å². The lowest BCUT2D eigenvalue weighted by atomic mass is 10.1. The van der Waals surface area contributed by atoms with Gasteiger partial charge in [-0.1, -0.05) is 0 Å². The minimum absolute atomic E-state index is 0.467. The largest absolute Gasteiger partial charge is 0.480 e. The molecule has 1 fully saturated rings. The third kappa shape index (κ3) is 1.63. The van der Waals surface area contributed by atoms with E-state index in [0.717, 1.165) is 7.11 Å². The molecule has 14 heavy (non-hydrogen) atoms. The predicted molar refractivity (Wildman–Crippen MR) is 41.8 cm³/mol. The van der Waals surface area contributed by atoms with E-state index >= 15 is 0 Å². The Hall–Kier alpha value is -1.37. The summed E-state index contributed by atoms with van der Waals surface area (Å²) in [4.78, 5) is 21.8. The molecule has 1 saturated heterocycles. The smallest absolute Gasteiger partial charge is 0.408 e. The molecule has 0 bridgehead atoms. The average Bonchev–Trinajstić information content (AvgIpc) is 2.42. The lowest BCUT2D eigenvalue weighted by Gasteiger charge is -2.20. The van der Waals surface area contributed by atoms with Crippen LogP contribution in [0.15, 0.2) is 0 Å². The van der Waals surface area contributed by atoms with E-state index in [4.69, 9.17) is 10.2 Å². The van der Waals surface area contributed by atoms with Gasteiger partial charge in [0.25, 0.3) is 0 Å². The van der Waals surface area contributed by atoms with E-state index in [1.807, 2.05) is 0 Å². The molecule has 0 radical (unpaired) electrons.